The molecule has 0 saturated heterocycles. The van der Waals surface area contributed by atoms with Gasteiger partial charge < -0.3 is 10.6 Å². The molecule has 1 aromatic heterocycles. The van der Waals surface area contributed by atoms with Crippen molar-refractivity contribution in [3.8, 4) is 0 Å². The maximum atomic E-state index is 4.46. The average Bonchev–Trinajstić information content (AvgIpc) is 2.83. The maximum Gasteiger partial charge on any atom is 0.191 e. The van der Waals surface area contributed by atoms with Gasteiger partial charge >= 0.3 is 0 Å². The summed E-state index contributed by atoms with van der Waals surface area (Å²) < 4.78 is 1.92. The summed E-state index contributed by atoms with van der Waals surface area (Å²) in [5.74, 6) is 0.796. The summed E-state index contributed by atoms with van der Waals surface area (Å²) in [6, 6.07) is 8.93. The highest BCUT2D eigenvalue weighted by atomic mass is 15.3. The number of nitrogens with one attached hydrogen (secondary N) is 2. The number of aryl methyl sites for hydroxylation is 3. The van der Waals surface area contributed by atoms with Crippen molar-refractivity contribution in [3.05, 3.63) is 52.3 Å². The normalized spacial score (nSPS) is 13.0. The zero-order chi connectivity index (χ0) is 17.7. The number of aliphatic imine (C=N–C) groups is 1. The first-order chi connectivity index (χ1) is 11.5. The number of hydrogen-bond donors (Lipinski definition) is 2. The second kappa shape index (κ2) is 7.99. The Bertz CT molecular complexity index is 697. The summed E-state index contributed by atoms with van der Waals surface area (Å²) in [4.78, 5) is 4.34. The van der Waals surface area contributed by atoms with Gasteiger partial charge in [0.25, 0.3) is 0 Å². The second-order valence-electron chi connectivity index (χ2n) is 6.16. The summed E-state index contributed by atoms with van der Waals surface area (Å²) >= 11 is 0. The Morgan fingerprint density at radius 3 is 2.42 bits per heavy atom. The van der Waals surface area contributed by atoms with Crippen LogP contribution in [0.4, 0.5) is 0 Å². The van der Waals surface area contributed by atoms with Crippen LogP contribution >= 0.6 is 0 Å². The van der Waals surface area contributed by atoms with Gasteiger partial charge in [0.05, 0.1) is 11.7 Å². The summed E-state index contributed by atoms with van der Waals surface area (Å²) in [6.45, 7) is 9.16. The van der Waals surface area contributed by atoms with Crippen LogP contribution in [-0.2, 0) is 20.0 Å². The Labute approximate surface area is 145 Å². The van der Waals surface area contributed by atoms with Crippen LogP contribution in [0.5, 0.6) is 0 Å². The van der Waals surface area contributed by atoms with Gasteiger partial charge in [0.2, 0.25) is 0 Å². The van der Waals surface area contributed by atoms with Gasteiger partial charge in [0.1, 0.15) is 0 Å². The highest BCUT2D eigenvalue weighted by molar-refractivity contribution is 5.80. The Morgan fingerprint density at radius 2 is 1.92 bits per heavy atom. The number of guanidine groups is 1. The first-order valence-corrected chi connectivity index (χ1v) is 8.51. The molecule has 2 N–H and O–H groups in total. The van der Waals surface area contributed by atoms with Crippen LogP contribution in [-0.4, -0.2) is 22.8 Å². The van der Waals surface area contributed by atoms with Gasteiger partial charge in [-0.1, -0.05) is 31.2 Å². The lowest BCUT2D eigenvalue weighted by molar-refractivity contribution is 0.683. The summed E-state index contributed by atoms with van der Waals surface area (Å²) in [7, 11) is 3.77. The zero-order valence-electron chi connectivity index (χ0n) is 15.6. The van der Waals surface area contributed by atoms with E-state index in [2.05, 4.69) is 65.8 Å². The van der Waals surface area contributed by atoms with Gasteiger partial charge in [-0.05, 0) is 38.3 Å². The van der Waals surface area contributed by atoms with Crippen molar-refractivity contribution in [2.75, 3.05) is 7.05 Å². The maximum absolute atomic E-state index is 4.46. The monoisotopic (exact) mass is 327 g/mol. The van der Waals surface area contributed by atoms with Crippen molar-refractivity contribution in [1.29, 1.82) is 0 Å². The SMILES string of the molecule is CCc1ccc(C(C)NC(=NC)NCc2c(C)nn(C)c2C)cc1. The molecule has 130 valence electrons. The van der Waals surface area contributed by atoms with Crippen molar-refractivity contribution in [1.82, 2.24) is 20.4 Å². The molecule has 2 aromatic rings. The largest absolute Gasteiger partial charge is 0.352 e. The molecular weight excluding hydrogens is 298 g/mol. The quantitative estimate of drug-likeness (QED) is 0.655. The fourth-order valence-electron chi connectivity index (χ4n) is 2.77. The number of nitrogens with zero attached hydrogens (tertiary/aromatic N) is 3. The number of aromatic nitrogens is 2. The van der Waals surface area contributed by atoms with Gasteiger partial charge in [-0.15, -0.1) is 0 Å². The van der Waals surface area contributed by atoms with Crippen LogP contribution in [0.1, 0.15) is 48.0 Å². The van der Waals surface area contributed by atoms with Crippen LogP contribution in [0.3, 0.4) is 0 Å². The molecule has 5 nitrogen and oxygen atoms in total. The molecule has 1 unspecified atom stereocenters. The van der Waals surface area contributed by atoms with Crippen molar-refractivity contribution >= 4 is 5.96 Å². The average molecular weight is 327 g/mol. The van der Waals surface area contributed by atoms with E-state index >= 15 is 0 Å². The van der Waals surface area contributed by atoms with Crippen LogP contribution in [0.25, 0.3) is 0 Å². The van der Waals surface area contributed by atoms with E-state index in [9.17, 15) is 0 Å². The number of hydrogen-bond acceptors (Lipinski definition) is 2. The lowest BCUT2D eigenvalue weighted by Crippen LogP contribution is -2.38. The lowest BCUT2D eigenvalue weighted by Gasteiger charge is -2.18. The van der Waals surface area contributed by atoms with E-state index in [1.54, 1.807) is 7.05 Å². The molecule has 1 aromatic carbocycles. The molecule has 0 amide bonds. The molecule has 0 aliphatic heterocycles. The summed E-state index contributed by atoms with van der Waals surface area (Å²) in [5.41, 5.74) is 6.07. The molecule has 1 atom stereocenters. The lowest BCUT2D eigenvalue weighted by atomic mass is 10.1. The third kappa shape index (κ3) is 4.16. The predicted octanol–water partition coefficient (Wildman–Crippen LogP) is 3.03. The van der Waals surface area contributed by atoms with Crippen molar-refractivity contribution in [2.45, 2.75) is 46.7 Å². The third-order valence-electron chi connectivity index (χ3n) is 4.56. The predicted molar refractivity (Wildman–Crippen MR) is 100 cm³/mol. The molecule has 2 rings (SSSR count). The Morgan fingerprint density at radius 1 is 1.25 bits per heavy atom. The van der Waals surface area contributed by atoms with Gasteiger partial charge in [-0.2, -0.15) is 5.10 Å². The standard InChI is InChI=1S/C19H29N5/c1-7-16-8-10-17(11-9-16)13(2)22-19(20-5)21-12-18-14(3)23-24(6)15(18)4/h8-11,13H,7,12H2,1-6H3,(H2,20,21,22). The van der Waals surface area contributed by atoms with Gasteiger partial charge in [0.15, 0.2) is 5.96 Å². The van der Waals surface area contributed by atoms with Crippen LogP contribution in [0, 0.1) is 13.8 Å². The molecule has 0 spiro atoms. The minimum Gasteiger partial charge on any atom is -0.352 e. The third-order valence-corrected chi connectivity index (χ3v) is 4.56. The fourth-order valence-corrected chi connectivity index (χ4v) is 2.77. The second-order valence-corrected chi connectivity index (χ2v) is 6.16. The molecule has 0 fully saturated rings. The Balaban J connectivity index is 1.98. The molecule has 0 aliphatic carbocycles. The van der Waals surface area contributed by atoms with E-state index in [1.165, 1.54) is 22.4 Å². The first-order valence-electron chi connectivity index (χ1n) is 8.51. The van der Waals surface area contributed by atoms with E-state index < -0.39 is 0 Å². The van der Waals surface area contributed by atoms with Crippen LogP contribution < -0.4 is 10.6 Å². The van der Waals surface area contributed by atoms with E-state index in [1.807, 2.05) is 18.7 Å². The summed E-state index contributed by atoms with van der Waals surface area (Å²) in [5, 5.41) is 11.3. The van der Waals surface area contributed by atoms with Crippen molar-refractivity contribution in [3.63, 3.8) is 0 Å². The number of benzene rings is 1. The minimum atomic E-state index is 0.193. The molecule has 24 heavy (non-hydrogen) atoms. The van der Waals surface area contributed by atoms with Crippen molar-refractivity contribution in [2.24, 2.45) is 12.0 Å². The zero-order valence-corrected chi connectivity index (χ0v) is 15.6. The van der Waals surface area contributed by atoms with Gasteiger partial charge in [-0.3, -0.25) is 9.67 Å². The van der Waals surface area contributed by atoms with E-state index in [-0.39, 0.29) is 6.04 Å². The topological polar surface area (TPSA) is 54.2 Å². The highest BCUT2D eigenvalue weighted by Crippen LogP contribution is 2.14. The Kier molecular flexibility index (Phi) is 6.01. The highest BCUT2D eigenvalue weighted by Gasteiger charge is 2.11. The van der Waals surface area contributed by atoms with E-state index in [0.717, 1.165) is 18.1 Å². The first kappa shape index (κ1) is 18.0. The smallest absolute Gasteiger partial charge is 0.191 e. The molecule has 1 heterocycles. The molecular formula is C19H29N5. The molecule has 0 saturated carbocycles. The van der Waals surface area contributed by atoms with Crippen LogP contribution in [0.2, 0.25) is 0 Å². The van der Waals surface area contributed by atoms with E-state index in [4.69, 9.17) is 0 Å². The fraction of sp³-hybridized carbons (Fsp3) is 0.474. The van der Waals surface area contributed by atoms with Gasteiger partial charge in [0, 0.05) is 31.9 Å². The Hall–Kier alpha value is -2.30. The van der Waals surface area contributed by atoms with E-state index in [0.29, 0.717) is 6.54 Å². The molecule has 0 bridgehead atoms. The molecule has 0 radical (unpaired) electrons. The van der Waals surface area contributed by atoms with Crippen LogP contribution in [0.15, 0.2) is 29.3 Å². The number of rotatable bonds is 5. The molecule has 5 heteroatoms. The molecule has 0 aliphatic rings. The van der Waals surface area contributed by atoms with Gasteiger partial charge in [-0.25, -0.2) is 0 Å². The van der Waals surface area contributed by atoms with Crippen molar-refractivity contribution < 1.29 is 0 Å². The summed E-state index contributed by atoms with van der Waals surface area (Å²) in [6.07, 6.45) is 1.06. The minimum absolute atomic E-state index is 0.193.